The van der Waals surface area contributed by atoms with Gasteiger partial charge in [-0.25, -0.2) is 8.42 Å². The lowest BCUT2D eigenvalue weighted by atomic mass is 10.0. The molecule has 0 fully saturated rings. The van der Waals surface area contributed by atoms with Crippen LogP contribution in [0, 0.1) is 0 Å². The van der Waals surface area contributed by atoms with Crippen LogP contribution >= 0.6 is 10.7 Å². The summed E-state index contributed by atoms with van der Waals surface area (Å²) in [6.07, 6.45) is 0. The third-order valence-electron chi connectivity index (χ3n) is 3.44. The maximum absolute atomic E-state index is 12.0. The van der Waals surface area contributed by atoms with E-state index in [0.717, 1.165) is 0 Å². The summed E-state index contributed by atoms with van der Waals surface area (Å²) in [5.41, 5.74) is 0.815. The molecule has 6 nitrogen and oxygen atoms in total. The SMILES string of the molecule is COc1ccc(-c2c(S(=O)(=O)Cl)ccc(OC)c2OC)cc1OC. The summed E-state index contributed by atoms with van der Waals surface area (Å²) in [6.45, 7) is 0. The van der Waals surface area contributed by atoms with Crippen molar-refractivity contribution in [2.45, 2.75) is 4.90 Å². The molecule has 0 saturated carbocycles. The van der Waals surface area contributed by atoms with E-state index in [4.69, 9.17) is 29.6 Å². The first kappa shape index (κ1) is 18.2. The van der Waals surface area contributed by atoms with Crippen LogP contribution in [0.2, 0.25) is 0 Å². The molecule has 0 saturated heterocycles. The summed E-state index contributed by atoms with van der Waals surface area (Å²) in [6, 6.07) is 7.84. The number of ether oxygens (including phenoxy) is 4. The first-order chi connectivity index (χ1) is 11.4. The van der Waals surface area contributed by atoms with Gasteiger partial charge in [0.05, 0.1) is 33.3 Å². The van der Waals surface area contributed by atoms with Crippen molar-refractivity contribution in [3.8, 4) is 34.1 Å². The molecular formula is C16H17ClO6S. The predicted octanol–water partition coefficient (Wildman–Crippen LogP) is 3.32. The van der Waals surface area contributed by atoms with Crippen molar-refractivity contribution in [2.75, 3.05) is 28.4 Å². The summed E-state index contributed by atoms with van der Waals surface area (Å²) in [5, 5.41) is 0. The number of methoxy groups -OCH3 is 4. The summed E-state index contributed by atoms with van der Waals surface area (Å²) >= 11 is 0. The highest BCUT2D eigenvalue weighted by Crippen LogP contribution is 2.45. The third kappa shape index (κ3) is 3.37. The molecule has 0 radical (unpaired) electrons. The molecule has 0 heterocycles. The van der Waals surface area contributed by atoms with Crippen LogP contribution in [0.25, 0.3) is 11.1 Å². The Hall–Kier alpha value is -2.12. The molecule has 2 aromatic carbocycles. The van der Waals surface area contributed by atoms with Gasteiger partial charge in [-0.1, -0.05) is 6.07 Å². The molecule has 0 spiro atoms. The second-order valence-electron chi connectivity index (χ2n) is 4.68. The Bertz CT molecular complexity index is 848. The lowest BCUT2D eigenvalue weighted by molar-refractivity contribution is 0.353. The second-order valence-corrected chi connectivity index (χ2v) is 7.22. The zero-order chi connectivity index (χ0) is 17.9. The van der Waals surface area contributed by atoms with E-state index in [2.05, 4.69) is 0 Å². The van der Waals surface area contributed by atoms with Crippen molar-refractivity contribution in [3.63, 3.8) is 0 Å². The normalized spacial score (nSPS) is 11.0. The minimum atomic E-state index is -4.01. The van der Waals surface area contributed by atoms with Crippen molar-refractivity contribution >= 4 is 19.7 Å². The molecule has 130 valence electrons. The average Bonchev–Trinajstić information content (AvgIpc) is 2.58. The minimum Gasteiger partial charge on any atom is -0.493 e. The first-order valence-corrected chi connectivity index (χ1v) is 9.10. The lowest BCUT2D eigenvalue weighted by Gasteiger charge is -2.17. The van der Waals surface area contributed by atoms with Gasteiger partial charge >= 0.3 is 0 Å². The van der Waals surface area contributed by atoms with Gasteiger partial charge in [-0.05, 0) is 29.8 Å². The highest BCUT2D eigenvalue weighted by atomic mass is 35.7. The van der Waals surface area contributed by atoms with E-state index in [9.17, 15) is 8.42 Å². The molecule has 0 aliphatic rings. The second kappa shape index (κ2) is 7.19. The molecular weight excluding hydrogens is 356 g/mol. The van der Waals surface area contributed by atoms with E-state index in [1.807, 2.05) is 0 Å². The maximum atomic E-state index is 12.0. The fraction of sp³-hybridized carbons (Fsp3) is 0.250. The molecule has 2 aromatic rings. The number of rotatable bonds is 6. The lowest BCUT2D eigenvalue weighted by Crippen LogP contribution is -2.01. The summed E-state index contributed by atoms with van der Waals surface area (Å²) in [4.78, 5) is -0.0889. The molecule has 0 aromatic heterocycles. The summed E-state index contributed by atoms with van der Waals surface area (Å²) in [5.74, 6) is 1.59. The highest BCUT2D eigenvalue weighted by Gasteiger charge is 2.24. The van der Waals surface area contributed by atoms with Crippen LogP contribution in [0.1, 0.15) is 0 Å². The quantitative estimate of drug-likeness (QED) is 0.724. The molecule has 0 bridgehead atoms. The zero-order valence-corrected chi connectivity index (χ0v) is 15.2. The molecule has 0 aliphatic heterocycles. The van der Waals surface area contributed by atoms with Crippen LogP contribution in [0.15, 0.2) is 35.2 Å². The van der Waals surface area contributed by atoms with E-state index >= 15 is 0 Å². The summed E-state index contributed by atoms with van der Waals surface area (Å²) < 4.78 is 45.1. The highest BCUT2D eigenvalue weighted by molar-refractivity contribution is 8.13. The van der Waals surface area contributed by atoms with Gasteiger partial charge in [0.25, 0.3) is 9.05 Å². The van der Waals surface area contributed by atoms with Gasteiger partial charge < -0.3 is 18.9 Å². The first-order valence-electron chi connectivity index (χ1n) is 6.79. The van der Waals surface area contributed by atoms with Gasteiger partial charge in [0.2, 0.25) is 0 Å². The fourth-order valence-corrected chi connectivity index (χ4v) is 3.45. The Kier molecular flexibility index (Phi) is 5.46. The van der Waals surface area contributed by atoms with Gasteiger partial charge in [0.15, 0.2) is 23.0 Å². The van der Waals surface area contributed by atoms with Crippen LogP contribution in [-0.2, 0) is 9.05 Å². The van der Waals surface area contributed by atoms with Crippen LogP contribution in [-0.4, -0.2) is 36.9 Å². The zero-order valence-electron chi connectivity index (χ0n) is 13.6. The Morgan fingerprint density at radius 3 is 1.88 bits per heavy atom. The maximum Gasteiger partial charge on any atom is 0.262 e. The number of benzene rings is 2. The molecule has 0 unspecified atom stereocenters. The average molecular weight is 373 g/mol. The standard InChI is InChI=1S/C16H17ClO6S/c1-20-11-6-5-10(9-13(11)22-3)15-14(24(17,18)19)8-7-12(21-2)16(15)23-4/h5-9H,1-4H3. The summed E-state index contributed by atoms with van der Waals surface area (Å²) in [7, 11) is 7.47. The Morgan fingerprint density at radius 2 is 1.38 bits per heavy atom. The third-order valence-corrected chi connectivity index (χ3v) is 4.81. The molecule has 0 aliphatic carbocycles. The van der Waals surface area contributed by atoms with Crippen molar-refractivity contribution in [1.82, 2.24) is 0 Å². The van der Waals surface area contributed by atoms with E-state index in [0.29, 0.717) is 22.8 Å². The number of hydrogen-bond acceptors (Lipinski definition) is 6. The molecule has 2 rings (SSSR count). The van der Waals surface area contributed by atoms with Crippen LogP contribution in [0.4, 0.5) is 0 Å². The van der Waals surface area contributed by atoms with Gasteiger partial charge in [-0.3, -0.25) is 0 Å². The van der Waals surface area contributed by atoms with Crippen LogP contribution in [0.5, 0.6) is 23.0 Å². The van der Waals surface area contributed by atoms with Crippen molar-refractivity contribution in [2.24, 2.45) is 0 Å². The topological polar surface area (TPSA) is 71.1 Å². The predicted molar refractivity (Wildman–Crippen MR) is 91.1 cm³/mol. The molecule has 0 atom stereocenters. The van der Waals surface area contributed by atoms with Crippen LogP contribution < -0.4 is 18.9 Å². The smallest absolute Gasteiger partial charge is 0.262 e. The van der Waals surface area contributed by atoms with Gasteiger partial charge in [0.1, 0.15) is 0 Å². The van der Waals surface area contributed by atoms with Gasteiger partial charge in [0, 0.05) is 16.2 Å². The monoisotopic (exact) mass is 372 g/mol. The molecule has 0 amide bonds. The van der Waals surface area contributed by atoms with Crippen molar-refractivity contribution in [1.29, 1.82) is 0 Å². The molecule has 8 heteroatoms. The van der Waals surface area contributed by atoms with Crippen LogP contribution in [0.3, 0.4) is 0 Å². The fourth-order valence-electron chi connectivity index (χ4n) is 2.38. The largest absolute Gasteiger partial charge is 0.493 e. The Labute approximate surface area is 145 Å². The van der Waals surface area contributed by atoms with Crippen molar-refractivity contribution in [3.05, 3.63) is 30.3 Å². The van der Waals surface area contributed by atoms with Gasteiger partial charge in [-0.2, -0.15) is 0 Å². The Balaban J connectivity index is 2.85. The van der Waals surface area contributed by atoms with E-state index in [1.165, 1.54) is 40.6 Å². The van der Waals surface area contributed by atoms with E-state index in [1.54, 1.807) is 18.2 Å². The van der Waals surface area contributed by atoms with Gasteiger partial charge in [-0.15, -0.1) is 0 Å². The Morgan fingerprint density at radius 1 is 0.792 bits per heavy atom. The number of hydrogen-bond donors (Lipinski definition) is 0. The molecule has 0 N–H and O–H groups in total. The minimum absolute atomic E-state index is 0.0889. The number of halogens is 1. The van der Waals surface area contributed by atoms with E-state index in [-0.39, 0.29) is 16.2 Å². The molecule has 24 heavy (non-hydrogen) atoms. The van der Waals surface area contributed by atoms with Crippen molar-refractivity contribution < 1.29 is 27.4 Å². The van der Waals surface area contributed by atoms with E-state index < -0.39 is 9.05 Å².